The minimum atomic E-state index is -0.580. The van der Waals surface area contributed by atoms with Crippen molar-refractivity contribution in [2.75, 3.05) is 62.2 Å². The quantitative estimate of drug-likeness (QED) is 0.323. The number of hydrogen-bond donors (Lipinski definition) is 3. The summed E-state index contributed by atoms with van der Waals surface area (Å²) in [4.78, 5) is 40.6. The molecule has 2 aliphatic rings. The predicted molar refractivity (Wildman–Crippen MR) is 165 cm³/mol. The molecule has 4 heterocycles. The van der Waals surface area contributed by atoms with Crippen LogP contribution >= 0.6 is 0 Å². The van der Waals surface area contributed by atoms with Crippen LogP contribution in [-0.2, 0) is 4.74 Å². The number of piperazine rings is 2. The van der Waals surface area contributed by atoms with Gasteiger partial charge >= 0.3 is 6.09 Å². The van der Waals surface area contributed by atoms with Gasteiger partial charge in [0.05, 0.1) is 0 Å². The molecule has 0 aliphatic carbocycles. The number of nitrogens with one attached hydrogen (secondary N) is 1. The number of ether oxygens (including phenoxy) is 1. The van der Waals surface area contributed by atoms with Gasteiger partial charge < -0.3 is 45.1 Å². The summed E-state index contributed by atoms with van der Waals surface area (Å²) in [5.74, 6) is -0.747. The molecule has 4 aromatic rings. The zero-order chi connectivity index (χ0) is 30.7. The summed E-state index contributed by atoms with van der Waals surface area (Å²) >= 11 is 0. The molecule has 0 atom stereocenters. The van der Waals surface area contributed by atoms with Crippen LogP contribution in [0.1, 0.15) is 41.9 Å². The number of nitrogens with two attached hydrogens (primary N) is 2. The standard InChI is InChI=1S/C18H23N3O4.C13H15N3O2/c1-18(2,3)25-17(23)21-8-6-20(7-9-21)13-4-5-14-12(10-13)11-15(24-14)16(19)22;14-13(17)12-8-9-7-10(1-2-11(9)18-12)16-5-3-15-4-6-16/h4-5,10-11H,6-9H2,1-3H3,(H2,19,22);1-2,7-8,15H,3-6H2,(H2,14,17). The Morgan fingerprint density at radius 2 is 1.19 bits per heavy atom. The zero-order valence-corrected chi connectivity index (χ0v) is 24.7. The van der Waals surface area contributed by atoms with Crippen molar-refractivity contribution >= 4 is 51.2 Å². The van der Waals surface area contributed by atoms with Gasteiger partial charge in [-0.15, -0.1) is 0 Å². The Morgan fingerprint density at radius 1 is 0.721 bits per heavy atom. The van der Waals surface area contributed by atoms with Gasteiger partial charge in [0, 0.05) is 74.5 Å². The van der Waals surface area contributed by atoms with Gasteiger partial charge in [-0.05, 0) is 69.3 Å². The van der Waals surface area contributed by atoms with Crippen molar-refractivity contribution in [1.29, 1.82) is 0 Å². The van der Waals surface area contributed by atoms with Crippen molar-refractivity contribution in [3.63, 3.8) is 0 Å². The van der Waals surface area contributed by atoms with E-state index in [-0.39, 0.29) is 17.6 Å². The van der Waals surface area contributed by atoms with Crippen molar-refractivity contribution in [3.05, 3.63) is 60.1 Å². The van der Waals surface area contributed by atoms with Gasteiger partial charge in [0.1, 0.15) is 16.8 Å². The highest BCUT2D eigenvalue weighted by Gasteiger charge is 2.26. The third-order valence-corrected chi connectivity index (χ3v) is 7.26. The molecule has 43 heavy (non-hydrogen) atoms. The van der Waals surface area contributed by atoms with E-state index in [0.717, 1.165) is 48.3 Å². The Kier molecular flexibility index (Phi) is 8.49. The highest BCUT2D eigenvalue weighted by molar-refractivity contribution is 5.96. The summed E-state index contributed by atoms with van der Waals surface area (Å²) in [5, 5.41) is 5.07. The van der Waals surface area contributed by atoms with Gasteiger partial charge in [0.15, 0.2) is 11.5 Å². The summed E-state index contributed by atoms with van der Waals surface area (Å²) in [6.45, 7) is 12.2. The molecular weight excluding hydrogens is 552 g/mol. The molecule has 0 saturated carbocycles. The second kappa shape index (κ2) is 12.3. The molecule has 228 valence electrons. The second-order valence-electron chi connectivity index (χ2n) is 11.6. The van der Waals surface area contributed by atoms with Crippen molar-refractivity contribution < 1.29 is 28.0 Å². The maximum absolute atomic E-state index is 12.1. The Labute approximate surface area is 249 Å². The summed E-state index contributed by atoms with van der Waals surface area (Å²) in [5.41, 5.74) is 13.5. The number of primary amides is 2. The molecule has 2 aliphatic heterocycles. The molecule has 2 fully saturated rings. The van der Waals surface area contributed by atoms with Gasteiger partial charge in [-0.2, -0.15) is 0 Å². The molecule has 12 heteroatoms. The Hall–Kier alpha value is -4.71. The number of nitrogens with zero attached hydrogens (tertiary/aromatic N) is 3. The van der Waals surface area contributed by atoms with E-state index in [1.54, 1.807) is 17.0 Å². The summed E-state index contributed by atoms with van der Waals surface area (Å²) in [6.07, 6.45) is -0.275. The number of rotatable bonds is 4. The number of anilines is 2. The zero-order valence-electron chi connectivity index (χ0n) is 24.7. The van der Waals surface area contributed by atoms with Crippen LogP contribution in [-0.4, -0.2) is 80.8 Å². The largest absolute Gasteiger partial charge is 0.451 e. The molecule has 3 amide bonds. The smallest absolute Gasteiger partial charge is 0.410 e. The molecule has 0 unspecified atom stereocenters. The van der Waals surface area contributed by atoms with E-state index in [2.05, 4.69) is 15.1 Å². The third-order valence-electron chi connectivity index (χ3n) is 7.26. The van der Waals surface area contributed by atoms with E-state index in [4.69, 9.17) is 25.0 Å². The molecule has 0 radical (unpaired) electrons. The van der Waals surface area contributed by atoms with Crippen LogP contribution < -0.4 is 26.6 Å². The van der Waals surface area contributed by atoms with E-state index in [1.165, 1.54) is 0 Å². The van der Waals surface area contributed by atoms with E-state index < -0.39 is 17.4 Å². The molecule has 12 nitrogen and oxygen atoms in total. The maximum Gasteiger partial charge on any atom is 0.410 e. The first-order chi connectivity index (χ1) is 20.5. The fourth-order valence-electron chi connectivity index (χ4n) is 5.09. The molecule has 5 N–H and O–H groups in total. The van der Waals surface area contributed by atoms with Crippen LogP contribution in [0, 0.1) is 0 Å². The molecular formula is C31H38N6O6. The van der Waals surface area contributed by atoms with Crippen LogP contribution in [0.5, 0.6) is 0 Å². The number of furan rings is 2. The Bertz CT molecular complexity index is 1620. The third kappa shape index (κ3) is 7.20. The minimum absolute atomic E-state index is 0.155. The maximum atomic E-state index is 12.1. The fraction of sp³-hybridized carbons (Fsp3) is 0.387. The summed E-state index contributed by atoms with van der Waals surface area (Å²) < 4.78 is 16.2. The van der Waals surface area contributed by atoms with E-state index in [1.807, 2.05) is 57.2 Å². The number of carbonyl (C=O) groups is 3. The lowest BCUT2D eigenvalue weighted by Gasteiger charge is -2.36. The first-order valence-electron chi connectivity index (χ1n) is 14.3. The number of hydrogen-bond acceptors (Lipinski definition) is 9. The van der Waals surface area contributed by atoms with Gasteiger partial charge in [0.2, 0.25) is 0 Å². The summed E-state index contributed by atoms with van der Waals surface area (Å²) in [6, 6.07) is 15.0. The van der Waals surface area contributed by atoms with Gasteiger partial charge in [0.25, 0.3) is 11.8 Å². The number of amides is 3. The number of carbonyl (C=O) groups excluding carboxylic acids is 3. The Balaban J connectivity index is 0.000000180. The number of fused-ring (bicyclic) bond motifs is 2. The van der Waals surface area contributed by atoms with Gasteiger partial charge in [-0.1, -0.05) is 0 Å². The minimum Gasteiger partial charge on any atom is -0.451 e. The van der Waals surface area contributed by atoms with E-state index in [0.29, 0.717) is 37.3 Å². The monoisotopic (exact) mass is 590 g/mol. The lowest BCUT2D eigenvalue weighted by atomic mass is 10.2. The first kappa shape index (κ1) is 29.8. The van der Waals surface area contributed by atoms with E-state index >= 15 is 0 Å². The summed E-state index contributed by atoms with van der Waals surface area (Å²) in [7, 11) is 0. The number of benzene rings is 2. The highest BCUT2D eigenvalue weighted by atomic mass is 16.6. The predicted octanol–water partition coefficient (Wildman–Crippen LogP) is 3.53. The van der Waals surface area contributed by atoms with Gasteiger partial charge in [-0.3, -0.25) is 9.59 Å². The SMILES string of the molecule is CC(C)(C)OC(=O)N1CCN(c2ccc3oc(C(N)=O)cc3c2)CC1.NC(=O)c1cc2cc(N3CCNCC3)ccc2o1. The van der Waals surface area contributed by atoms with Crippen molar-refractivity contribution in [2.45, 2.75) is 26.4 Å². The highest BCUT2D eigenvalue weighted by Crippen LogP contribution is 2.27. The normalized spacial score (nSPS) is 15.7. The van der Waals surface area contributed by atoms with Gasteiger partial charge in [-0.25, -0.2) is 4.79 Å². The lowest BCUT2D eigenvalue weighted by Crippen LogP contribution is -2.50. The van der Waals surface area contributed by atoms with Crippen molar-refractivity contribution in [3.8, 4) is 0 Å². The molecule has 0 spiro atoms. The van der Waals surface area contributed by atoms with E-state index in [9.17, 15) is 14.4 Å². The molecule has 2 saturated heterocycles. The molecule has 6 rings (SSSR count). The Morgan fingerprint density at radius 3 is 1.63 bits per heavy atom. The fourth-order valence-corrected chi connectivity index (χ4v) is 5.09. The van der Waals surface area contributed by atoms with Crippen LogP contribution in [0.2, 0.25) is 0 Å². The molecule has 0 bridgehead atoms. The second-order valence-corrected chi connectivity index (χ2v) is 11.6. The van der Waals surface area contributed by atoms with Crippen LogP contribution in [0.3, 0.4) is 0 Å². The molecule has 2 aromatic carbocycles. The lowest BCUT2D eigenvalue weighted by molar-refractivity contribution is 0.0240. The van der Waals surface area contributed by atoms with Crippen LogP contribution in [0.25, 0.3) is 21.9 Å². The average Bonchev–Trinajstić information content (AvgIpc) is 3.61. The first-order valence-corrected chi connectivity index (χ1v) is 14.3. The van der Waals surface area contributed by atoms with Crippen LogP contribution in [0.15, 0.2) is 57.4 Å². The topological polar surface area (TPSA) is 161 Å². The van der Waals surface area contributed by atoms with Crippen molar-refractivity contribution in [2.24, 2.45) is 11.5 Å². The molecule has 2 aromatic heterocycles. The van der Waals surface area contributed by atoms with Crippen LogP contribution in [0.4, 0.5) is 16.2 Å². The average molecular weight is 591 g/mol. The van der Waals surface area contributed by atoms with Crippen molar-refractivity contribution in [1.82, 2.24) is 10.2 Å².